The molecule has 3 atom stereocenters. The standard InChI is InChI=1S/C17H23NO4S/c1-13-2-4-14(5-3-13)8-11-23(19,20)18-15-6-7-16-17(12-15)22-10-9-21-16/h2-5,8,11,15-18H,6-7,9-10,12H2,1H3/b11-8+. The molecule has 5 nitrogen and oxygen atoms in total. The van der Waals surface area contributed by atoms with Crippen LogP contribution in [0.1, 0.15) is 30.4 Å². The van der Waals surface area contributed by atoms with Gasteiger partial charge in [0.1, 0.15) is 0 Å². The molecular weight excluding hydrogens is 314 g/mol. The van der Waals surface area contributed by atoms with Crippen molar-refractivity contribution in [3.05, 3.63) is 40.8 Å². The summed E-state index contributed by atoms with van der Waals surface area (Å²) < 4.78 is 38.6. The Kier molecular flexibility index (Phi) is 5.16. The highest BCUT2D eigenvalue weighted by Gasteiger charge is 2.35. The molecule has 1 aromatic rings. The fraction of sp³-hybridized carbons (Fsp3) is 0.529. The topological polar surface area (TPSA) is 64.6 Å². The van der Waals surface area contributed by atoms with Crippen molar-refractivity contribution in [3.63, 3.8) is 0 Å². The van der Waals surface area contributed by atoms with E-state index in [0.29, 0.717) is 19.6 Å². The van der Waals surface area contributed by atoms with Gasteiger partial charge in [-0.25, -0.2) is 13.1 Å². The summed E-state index contributed by atoms with van der Waals surface area (Å²) in [5, 5.41) is 1.24. The number of hydrogen-bond donors (Lipinski definition) is 1. The Morgan fingerprint density at radius 1 is 1.09 bits per heavy atom. The molecule has 1 N–H and O–H groups in total. The summed E-state index contributed by atoms with van der Waals surface area (Å²) in [7, 11) is -3.45. The van der Waals surface area contributed by atoms with Gasteiger partial charge in [-0.1, -0.05) is 29.8 Å². The maximum Gasteiger partial charge on any atom is 0.233 e. The molecule has 1 heterocycles. The highest BCUT2D eigenvalue weighted by molar-refractivity contribution is 7.92. The van der Waals surface area contributed by atoms with E-state index < -0.39 is 10.0 Å². The van der Waals surface area contributed by atoms with E-state index in [-0.39, 0.29) is 18.2 Å². The van der Waals surface area contributed by atoms with Crippen molar-refractivity contribution in [2.75, 3.05) is 13.2 Å². The van der Waals surface area contributed by atoms with Crippen molar-refractivity contribution < 1.29 is 17.9 Å². The first-order valence-corrected chi connectivity index (χ1v) is 9.57. The smallest absolute Gasteiger partial charge is 0.233 e. The molecule has 3 rings (SSSR count). The fourth-order valence-corrected chi connectivity index (χ4v) is 4.18. The van der Waals surface area contributed by atoms with Crippen molar-refractivity contribution in [2.45, 2.75) is 44.4 Å². The van der Waals surface area contributed by atoms with E-state index in [1.165, 1.54) is 5.41 Å². The van der Waals surface area contributed by atoms with E-state index in [1.807, 2.05) is 31.2 Å². The Hall–Kier alpha value is -1.21. The molecular formula is C17H23NO4S. The van der Waals surface area contributed by atoms with Crippen LogP contribution in [0, 0.1) is 6.92 Å². The summed E-state index contributed by atoms with van der Waals surface area (Å²) in [5.74, 6) is 0. The van der Waals surface area contributed by atoms with Gasteiger partial charge in [0.15, 0.2) is 0 Å². The molecule has 1 aromatic carbocycles. The predicted molar refractivity (Wildman–Crippen MR) is 89.4 cm³/mol. The zero-order chi connectivity index (χ0) is 16.3. The SMILES string of the molecule is Cc1ccc(/C=C/S(=O)(=O)NC2CCC3OCCOC3C2)cc1. The Morgan fingerprint density at radius 3 is 2.52 bits per heavy atom. The van der Waals surface area contributed by atoms with Crippen LogP contribution in [0.25, 0.3) is 6.08 Å². The molecule has 2 fully saturated rings. The van der Waals surface area contributed by atoms with Gasteiger partial charge in [0.05, 0.1) is 25.4 Å². The molecule has 1 aliphatic carbocycles. The van der Waals surface area contributed by atoms with Gasteiger partial charge >= 0.3 is 0 Å². The maximum atomic E-state index is 12.2. The molecule has 6 heteroatoms. The Labute approximate surface area is 137 Å². The highest BCUT2D eigenvalue weighted by atomic mass is 32.2. The Balaban J connectivity index is 1.59. The number of nitrogens with one attached hydrogen (secondary N) is 1. The van der Waals surface area contributed by atoms with E-state index >= 15 is 0 Å². The Bertz CT molecular complexity index is 654. The third-order valence-corrected chi connectivity index (χ3v) is 5.48. The molecule has 0 radical (unpaired) electrons. The van der Waals surface area contributed by atoms with Crippen molar-refractivity contribution in [3.8, 4) is 0 Å². The number of rotatable bonds is 4. The zero-order valence-corrected chi connectivity index (χ0v) is 14.1. The molecule has 2 aliphatic rings. The molecule has 0 spiro atoms. The van der Waals surface area contributed by atoms with Crippen LogP contribution >= 0.6 is 0 Å². The van der Waals surface area contributed by atoms with E-state index in [2.05, 4.69) is 4.72 Å². The number of ether oxygens (including phenoxy) is 2. The average Bonchev–Trinajstić information content (AvgIpc) is 2.54. The third-order valence-electron chi connectivity index (χ3n) is 4.33. The second kappa shape index (κ2) is 7.13. The molecule has 23 heavy (non-hydrogen) atoms. The van der Waals surface area contributed by atoms with Crippen LogP contribution in [-0.4, -0.2) is 39.9 Å². The van der Waals surface area contributed by atoms with Gasteiger partial charge in [-0.2, -0.15) is 0 Å². The van der Waals surface area contributed by atoms with Gasteiger partial charge in [-0.05, 0) is 37.8 Å². The van der Waals surface area contributed by atoms with Crippen LogP contribution in [0.4, 0.5) is 0 Å². The molecule has 0 bridgehead atoms. The second-order valence-electron chi connectivity index (χ2n) is 6.20. The minimum Gasteiger partial charge on any atom is -0.373 e. The molecule has 1 saturated carbocycles. The first kappa shape index (κ1) is 16.6. The first-order chi connectivity index (χ1) is 11.0. The van der Waals surface area contributed by atoms with Crippen LogP contribution in [-0.2, 0) is 19.5 Å². The van der Waals surface area contributed by atoms with Crippen molar-refractivity contribution in [1.82, 2.24) is 4.72 Å². The van der Waals surface area contributed by atoms with E-state index in [0.717, 1.165) is 24.0 Å². The quantitative estimate of drug-likeness (QED) is 0.915. The number of hydrogen-bond acceptors (Lipinski definition) is 4. The number of aryl methyl sites for hydroxylation is 1. The lowest BCUT2D eigenvalue weighted by Gasteiger charge is -2.38. The number of benzene rings is 1. The fourth-order valence-electron chi connectivity index (χ4n) is 3.09. The lowest BCUT2D eigenvalue weighted by Crippen LogP contribution is -2.48. The van der Waals surface area contributed by atoms with E-state index in [4.69, 9.17) is 9.47 Å². The molecule has 1 saturated heterocycles. The third kappa shape index (κ3) is 4.64. The van der Waals surface area contributed by atoms with Gasteiger partial charge in [0.2, 0.25) is 10.0 Å². The molecule has 1 aliphatic heterocycles. The summed E-state index contributed by atoms with van der Waals surface area (Å²) in [5.41, 5.74) is 2.02. The molecule has 0 aromatic heterocycles. The summed E-state index contributed by atoms with van der Waals surface area (Å²) in [6.45, 7) is 3.23. The van der Waals surface area contributed by atoms with Gasteiger partial charge in [0, 0.05) is 11.4 Å². The average molecular weight is 337 g/mol. The van der Waals surface area contributed by atoms with Gasteiger partial charge in [0.25, 0.3) is 0 Å². The highest BCUT2D eigenvalue weighted by Crippen LogP contribution is 2.27. The zero-order valence-electron chi connectivity index (χ0n) is 13.3. The van der Waals surface area contributed by atoms with Crippen molar-refractivity contribution >= 4 is 16.1 Å². The molecule has 0 amide bonds. The minimum atomic E-state index is -3.45. The Morgan fingerprint density at radius 2 is 1.78 bits per heavy atom. The van der Waals surface area contributed by atoms with Crippen molar-refractivity contribution in [1.29, 1.82) is 0 Å². The van der Waals surface area contributed by atoms with Crippen LogP contribution in [0.2, 0.25) is 0 Å². The predicted octanol–water partition coefficient (Wildman–Crippen LogP) is 2.22. The first-order valence-electron chi connectivity index (χ1n) is 8.02. The van der Waals surface area contributed by atoms with E-state index in [9.17, 15) is 8.42 Å². The van der Waals surface area contributed by atoms with Crippen LogP contribution < -0.4 is 4.72 Å². The summed E-state index contributed by atoms with van der Waals surface area (Å²) >= 11 is 0. The van der Waals surface area contributed by atoms with Gasteiger partial charge in [-0.15, -0.1) is 0 Å². The summed E-state index contributed by atoms with van der Waals surface area (Å²) in [4.78, 5) is 0. The van der Waals surface area contributed by atoms with Crippen LogP contribution in [0.15, 0.2) is 29.7 Å². The van der Waals surface area contributed by atoms with E-state index in [1.54, 1.807) is 6.08 Å². The second-order valence-corrected chi connectivity index (χ2v) is 7.80. The summed E-state index contributed by atoms with van der Waals surface area (Å²) in [6.07, 6.45) is 4.02. The maximum absolute atomic E-state index is 12.2. The monoisotopic (exact) mass is 337 g/mol. The van der Waals surface area contributed by atoms with Crippen LogP contribution in [0.3, 0.4) is 0 Å². The summed E-state index contributed by atoms with van der Waals surface area (Å²) in [6, 6.07) is 7.63. The number of sulfonamides is 1. The van der Waals surface area contributed by atoms with Crippen molar-refractivity contribution in [2.24, 2.45) is 0 Å². The van der Waals surface area contributed by atoms with Gasteiger partial charge in [-0.3, -0.25) is 0 Å². The lowest BCUT2D eigenvalue weighted by molar-refractivity contribution is -0.156. The van der Waals surface area contributed by atoms with Gasteiger partial charge < -0.3 is 9.47 Å². The van der Waals surface area contributed by atoms with Crippen LogP contribution in [0.5, 0.6) is 0 Å². The largest absolute Gasteiger partial charge is 0.373 e. The molecule has 126 valence electrons. The minimum absolute atomic E-state index is 0.00581. The normalized spacial score (nSPS) is 28.7. The molecule has 3 unspecified atom stereocenters. The number of fused-ring (bicyclic) bond motifs is 1. The lowest BCUT2D eigenvalue weighted by atomic mass is 9.90.